The van der Waals surface area contributed by atoms with Crippen LogP contribution in [0.5, 0.6) is 0 Å². The Morgan fingerprint density at radius 3 is 2.24 bits per heavy atom. The maximum absolute atomic E-state index is 12.3. The van der Waals surface area contributed by atoms with E-state index >= 15 is 0 Å². The van der Waals surface area contributed by atoms with Crippen LogP contribution in [0.25, 0.3) is 11.1 Å². The molecule has 0 fully saturated rings. The summed E-state index contributed by atoms with van der Waals surface area (Å²) in [5.74, 6) is -1.65. The van der Waals surface area contributed by atoms with Crippen LogP contribution in [0.1, 0.15) is 43.2 Å². The first-order chi connectivity index (χ1) is 16.4. The molecule has 2 aromatic carbocycles. The Morgan fingerprint density at radius 1 is 1.03 bits per heavy atom. The maximum atomic E-state index is 12.3. The van der Waals surface area contributed by atoms with Gasteiger partial charge in [0.25, 0.3) is 0 Å². The summed E-state index contributed by atoms with van der Waals surface area (Å²) in [4.78, 5) is 35.9. The highest BCUT2D eigenvalue weighted by Gasteiger charge is 2.29. The fraction of sp³-hybridized carbons (Fsp3) is 0.423. The van der Waals surface area contributed by atoms with Crippen LogP contribution in [0.4, 0.5) is 4.79 Å². The molecule has 0 aliphatic heterocycles. The molecule has 0 heterocycles. The first-order valence-corrected chi connectivity index (χ1v) is 11.5. The second-order valence-corrected chi connectivity index (χ2v) is 8.61. The summed E-state index contributed by atoms with van der Waals surface area (Å²) in [5.41, 5.74) is 4.60. The lowest BCUT2D eigenvalue weighted by Crippen LogP contribution is -2.42. The molecule has 2 unspecified atom stereocenters. The van der Waals surface area contributed by atoms with E-state index in [-0.39, 0.29) is 37.3 Å². The highest BCUT2D eigenvalue weighted by atomic mass is 16.5. The number of carbonyl (C=O) groups is 3. The van der Waals surface area contributed by atoms with Crippen LogP contribution in [0, 0.1) is 5.92 Å². The second kappa shape index (κ2) is 12.2. The highest BCUT2D eigenvalue weighted by Crippen LogP contribution is 2.44. The van der Waals surface area contributed by atoms with Crippen LogP contribution < -0.4 is 10.6 Å². The standard InChI is InChI=1S/C26H32N2O6/c1-17(14-24(29)28-23(25(30)31)12-7-13-33-2)15-27-26(32)34-16-22-20-10-5-3-8-18(20)19-9-4-6-11-21(19)22/h3-6,8-11,17,22-23H,7,12-16H2,1-2H3,(H,27,32)(H,28,29)(H,30,31). The molecule has 2 aromatic rings. The van der Waals surface area contributed by atoms with Gasteiger partial charge in [-0.3, -0.25) is 4.79 Å². The van der Waals surface area contributed by atoms with Gasteiger partial charge in [0, 0.05) is 32.6 Å². The molecule has 0 saturated carbocycles. The minimum absolute atomic E-state index is 0.0209. The number of carboxylic acids is 1. The smallest absolute Gasteiger partial charge is 0.407 e. The van der Waals surface area contributed by atoms with Crippen LogP contribution in [-0.2, 0) is 19.1 Å². The van der Waals surface area contributed by atoms with Gasteiger partial charge in [0.15, 0.2) is 0 Å². The van der Waals surface area contributed by atoms with Crippen molar-refractivity contribution in [2.24, 2.45) is 5.92 Å². The van der Waals surface area contributed by atoms with E-state index in [1.807, 2.05) is 31.2 Å². The lowest BCUT2D eigenvalue weighted by atomic mass is 9.98. The summed E-state index contributed by atoms with van der Waals surface area (Å²) < 4.78 is 10.4. The van der Waals surface area contributed by atoms with Crippen molar-refractivity contribution in [2.75, 3.05) is 26.9 Å². The molecule has 0 aromatic heterocycles. The molecule has 0 saturated heterocycles. The number of ether oxygens (including phenoxy) is 2. The number of nitrogens with one attached hydrogen (secondary N) is 2. The summed E-state index contributed by atoms with van der Waals surface area (Å²) >= 11 is 0. The van der Waals surface area contributed by atoms with Crippen molar-refractivity contribution < 1.29 is 29.0 Å². The summed E-state index contributed by atoms with van der Waals surface area (Å²) in [5, 5.41) is 14.5. The molecular weight excluding hydrogens is 436 g/mol. The zero-order chi connectivity index (χ0) is 24.5. The molecule has 0 radical (unpaired) electrons. The molecule has 3 rings (SSSR count). The average Bonchev–Trinajstić information content (AvgIpc) is 3.14. The van der Waals surface area contributed by atoms with E-state index in [9.17, 15) is 19.5 Å². The number of aliphatic carboxylic acids is 1. The Hall–Kier alpha value is -3.39. The first kappa shape index (κ1) is 25.2. The predicted octanol–water partition coefficient (Wildman–Crippen LogP) is 3.55. The Kier molecular flexibility index (Phi) is 9.04. The third-order valence-electron chi connectivity index (χ3n) is 5.95. The van der Waals surface area contributed by atoms with E-state index in [1.165, 1.54) is 0 Å². The van der Waals surface area contributed by atoms with Crippen LogP contribution in [0.15, 0.2) is 48.5 Å². The Bertz CT molecular complexity index is 963. The normalized spacial score (nSPS) is 13.9. The van der Waals surface area contributed by atoms with E-state index in [1.54, 1.807) is 7.11 Å². The van der Waals surface area contributed by atoms with Crippen molar-refractivity contribution in [2.45, 2.75) is 38.1 Å². The zero-order valence-electron chi connectivity index (χ0n) is 19.6. The van der Waals surface area contributed by atoms with Crippen LogP contribution in [0.2, 0.25) is 0 Å². The molecule has 1 aliphatic rings. The van der Waals surface area contributed by atoms with E-state index in [2.05, 4.69) is 34.9 Å². The molecule has 2 amide bonds. The van der Waals surface area contributed by atoms with Gasteiger partial charge in [-0.05, 0) is 41.0 Å². The Labute approximate surface area is 199 Å². The fourth-order valence-corrected chi connectivity index (χ4v) is 4.24. The van der Waals surface area contributed by atoms with Gasteiger partial charge in [0.05, 0.1) is 0 Å². The van der Waals surface area contributed by atoms with Crippen LogP contribution in [0.3, 0.4) is 0 Å². The van der Waals surface area contributed by atoms with E-state index in [0.717, 1.165) is 22.3 Å². The minimum Gasteiger partial charge on any atom is -0.480 e. The SMILES string of the molecule is COCCCC(NC(=O)CC(C)CNC(=O)OCC1c2ccccc2-c2ccccc21)C(=O)O. The predicted molar refractivity (Wildman–Crippen MR) is 128 cm³/mol. The number of hydrogen-bond acceptors (Lipinski definition) is 5. The monoisotopic (exact) mass is 468 g/mol. The van der Waals surface area contributed by atoms with Gasteiger partial charge in [-0.1, -0.05) is 55.5 Å². The van der Waals surface area contributed by atoms with Crippen LogP contribution in [-0.4, -0.2) is 56.0 Å². The van der Waals surface area contributed by atoms with Gasteiger partial charge in [0.1, 0.15) is 12.6 Å². The Balaban J connectivity index is 1.44. The number of carbonyl (C=O) groups excluding carboxylic acids is 2. The maximum Gasteiger partial charge on any atom is 0.407 e. The molecule has 182 valence electrons. The second-order valence-electron chi connectivity index (χ2n) is 8.61. The summed E-state index contributed by atoms with van der Waals surface area (Å²) in [6.45, 7) is 2.70. The zero-order valence-corrected chi connectivity index (χ0v) is 19.6. The molecule has 2 atom stereocenters. The molecule has 8 nitrogen and oxygen atoms in total. The highest BCUT2D eigenvalue weighted by molar-refractivity contribution is 5.83. The molecule has 34 heavy (non-hydrogen) atoms. The average molecular weight is 469 g/mol. The minimum atomic E-state index is -1.08. The summed E-state index contributed by atoms with van der Waals surface area (Å²) in [6, 6.07) is 15.3. The van der Waals surface area contributed by atoms with Gasteiger partial charge in [-0.15, -0.1) is 0 Å². The fourth-order valence-electron chi connectivity index (χ4n) is 4.24. The van der Waals surface area contributed by atoms with Crippen molar-refractivity contribution in [1.82, 2.24) is 10.6 Å². The number of methoxy groups -OCH3 is 1. The molecule has 0 bridgehead atoms. The van der Waals surface area contributed by atoms with Crippen molar-refractivity contribution in [3.63, 3.8) is 0 Å². The number of amides is 2. The number of carboxylic acid groups (broad SMARTS) is 1. The lowest BCUT2D eigenvalue weighted by Gasteiger charge is -2.18. The molecule has 8 heteroatoms. The molecule has 1 aliphatic carbocycles. The largest absolute Gasteiger partial charge is 0.480 e. The third kappa shape index (κ3) is 6.57. The number of hydrogen-bond donors (Lipinski definition) is 3. The third-order valence-corrected chi connectivity index (χ3v) is 5.95. The molecule has 0 spiro atoms. The lowest BCUT2D eigenvalue weighted by molar-refractivity contribution is -0.142. The topological polar surface area (TPSA) is 114 Å². The number of benzene rings is 2. The van der Waals surface area contributed by atoms with E-state index in [4.69, 9.17) is 9.47 Å². The van der Waals surface area contributed by atoms with Crippen molar-refractivity contribution in [1.29, 1.82) is 0 Å². The van der Waals surface area contributed by atoms with E-state index < -0.39 is 18.1 Å². The summed E-state index contributed by atoms with van der Waals surface area (Å²) in [7, 11) is 1.54. The van der Waals surface area contributed by atoms with Gasteiger partial charge in [0.2, 0.25) is 5.91 Å². The van der Waals surface area contributed by atoms with E-state index in [0.29, 0.717) is 19.4 Å². The van der Waals surface area contributed by atoms with Crippen LogP contribution >= 0.6 is 0 Å². The first-order valence-electron chi connectivity index (χ1n) is 11.5. The number of rotatable bonds is 12. The van der Waals surface area contributed by atoms with Gasteiger partial charge in [-0.25, -0.2) is 9.59 Å². The number of alkyl carbamates (subject to hydrolysis) is 1. The quantitative estimate of drug-likeness (QED) is 0.411. The summed E-state index contributed by atoms with van der Waals surface area (Å²) in [6.07, 6.45) is 0.378. The Morgan fingerprint density at radius 2 is 1.65 bits per heavy atom. The van der Waals surface area contributed by atoms with Crippen molar-refractivity contribution >= 4 is 18.0 Å². The molecule has 3 N–H and O–H groups in total. The van der Waals surface area contributed by atoms with Gasteiger partial charge in [-0.2, -0.15) is 0 Å². The van der Waals surface area contributed by atoms with Gasteiger partial charge < -0.3 is 25.2 Å². The number of fused-ring (bicyclic) bond motifs is 3. The van der Waals surface area contributed by atoms with Crippen molar-refractivity contribution in [3.05, 3.63) is 59.7 Å². The molecular formula is C26H32N2O6. The van der Waals surface area contributed by atoms with Crippen molar-refractivity contribution in [3.8, 4) is 11.1 Å². The van der Waals surface area contributed by atoms with Gasteiger partial charge >= 0.3 is 12.1 Å².